The molecule has 2 aromatic carbocycles. The molecular weight excluding hydrogens is 266 g/mol. The third-order valence-corrected chi connectivity index (χ3v) is 3.18. The zero-order valence-corrected chi connectivity index (χ0v) is 11.2. The van der Waals surface area contributed by atoms with E-state index >= 15 is 0 Å². The van der Waals surface area contributed by atoms with Gasteiger partial charge >= 0.3 is 0 Å². The van der Waals surface area contributed by atoms with Gasteiger partial charge in [0.05, 0.1) is 0 Å². The molecule has 3 heteroatoms. The van der Waals surface area contributed by atoms with Crippen LogP contribution >= 0.6 is 11.6 Å². The molecule has 0 heterocycles. The van der Waals surface area contributed by atoms with Gasteiger partial charge in [-0.2, -0.15) is 0 Å². The SMILES string of the molecule is Cc1ccccc1/C=C(\CCl)c1cc(F)cc(F)c1. The van der Waals surface area contributed by atoms with Gasteiger partial charge in [0.2, 0.25) is 0 Å². The highest BCUT2D eigenvalue weighted by Gasteiger charge is 2.06. The maximum absolute atomic E-state index is 13.2. The van der Waals surface area contributed by atoms with Crippen molar-refractivity contribution < 1.29 is 8.78 Å². The van der Waals surface area contributed by atoms with Crippen molar-refractivity contribution in [1.29, 1.82) is 0 Å². The Bertz CT molecular complexity index is 598. The fraction of sp³-hybridized carbons (Fsp3) is 0.125. The van der Waals surface area contributed by atoms with Crippen molar-refractivity contribution in [3.63, 3.8) is 0 Å². The maximum Gasteiger partial charge on any atom is 0.126 e. The number of benzene rings is 2. The van der Waals surface area contributed by atoms with E-state index in [1.807, 2.05) is 37.3 Å². The average molecular weight is 279 g/mol. The van der Waals surface area contributed by atoms with E-state index < -0.39 is 11.6 Å². The molecule has 0 aliphatic carbocycles. The lowest BCUT2D eigenvalue weighted by Gasteiger charge is -2.07. The second kappa shape index (κ2) is 5.98. The molecule has 0 aliphatic rings. The summed E-state index contributed by atoms with van der Waals surface area (Å²) in [7, 11) is 0. The first kappa shape index (κ1) is 13.8. The first-order valence-corrected chi connectivity index (χ1v) is 6.42. The summed E-state index contributed by atoms with van der Waals surface area (Å²) >= 11 is 5.90. The van der Waals surface area contributed by atoms with Crippen molar-refractivity contribution in [2.75, 3.05) is 5.88 Å². The molecule has 0 N–H and O–H groups in total. The van der Waals surface area contributed by atoms with Crippen LogP contribution in [0.5, 0.6) is 0 Å². The highest BCUT2D eigenvalue weighted by atomic mass is 35.5. The molecular formula is C16H13ClF2. The monoisotopic (exact) mass is 278 g/mol. The van der Waals surface area contributed by atoms with Crippen LogP contribution in [0, 0.1) is 18.6 Å². The minimum absolute atomic E-state index is 0.192. The molecule has 0 spiro atoms. The summed E-state index contributed by atoms with van der Waals surface area (Å²) in [5.41, 5.74) is 3.23. The van der Waals surface area contributed by atoms with Crippen molar-refractivity contribution in [1.82, 2.24) is 0 Å². The van der Waals surface area contributed by atoms with Crippen LogP contribution < -0.4 is 0 Å². The Morgan fingerprint density at radius 1 is 1.11 bits per heavy atom. The van der Waals surface area contributed by atoms with Crippen LogP contribution in [-0.4, -0.2) is 5.88 Å². The third-order valence-electron chi connectivity index (χ3n) is 2.90. The molecule has 98 valence electrons. The lowest BCUT2D eigenvalue weighted by atomic mass is 10.0. The quantitative estimate of drug-likeness (QED) is 0.544. The van der Waals surface area contributed by atoms with Crippen LogP contribution in [-0.2, 0) is 0 Å². The second-order valence-electron chi connectivity index (χ2n) is 4.32. The van der Waals surface area contributed by atoms with E-state index in [1.54, 1.807) is 0 Å². The van der Waals surface area contributed by atoms with E-state index in [0.717, 1.165) is 17.2 Å². The Hall–Kier alpha value is -1.67. The van der Waals surface area contributed by atoms with Crippen molar-refractivity contribution >= 4 is 23.3 Å². The van der Waals surface area contributed by atoms with Crippen LogP contribution in [0.25, 0.3) is 11.6 Å². The van der Waals surface area contributed by atoms with Crippen molar-refractivity contribution in [2.45, 2.75) is 6.92 Å². The lowest BCUT2D eigenvalue weighted by Crippen LogP contribution is -1.91. The van der Waals surface area contributed by atoms with Gasteiger partial charge in [0.25, 0.3) is 0 Å². The van der Waals surface area contributed by atoms with Gasteiger partial charge in [-0.15, -0.1) is 11.6 Å². The van der Waals surface area contributed by atoms with Gasteiger partial charge in [0.15, 0.2) is 0 Å². The first-order chi connectivity index (χ1) is 9.10. The minimum Gasteiger partial charge on any atom is -0.207 e. The van der Waals surface area contributed by atoms with E-state index in [2.05, 4.69) is 0 Å². The van der Waals surface area contributed by atoms with Crippen LogP contribution in [0.2, 0.25) is 0 Å². The predicted octanol–water partition coefficient (Wildman–Crippen LogP) is 5.05. The number of hydrogen-bond donors (Lipinski definition) is 0. The summed E-state index contributed by atoms with van der Waals surface area (Å²) in [5, 5.41) is 0. The zero-order chi connectivity index (χ0) is 13.8. The van der Waals surface area contributed by atoms with E-state index in [4.69, 9.17) is 11.6 Å². The highest BCUT2D eigenvalue weighted by molar-refractivity contribution is 6.24. The number of allylic oxidation sites excluding steroid dienone is 1. The summed E-state index contributed by atoms with van der Waals surface area (Å²) in [6.45, 7) is 1.98. The normalized spacial score (nSPS) is 11.7. The molecule has 0 fully saturated rings. The Morgan fingerprint density at radius 2 is 1.74 bits per heavy atom. The smallest absolute Gasteiger partial charge is 0.126 e. The second-order valence-corrected chi connectivity index (χ2v) is 4.59. The first-order valence-electron chi connectivity index (χ1n) is 5.89. The van der Waals surface area contributed by atoms with Crippen LogP contribution in [0.4, 0.5) is 8.78 Å². The number of aryl methyl sites for hydroxylation is 1. The Morgan fingerprint density at radius 3 is 2.32 bits per heavy atom. The van der Waals surface area contributed by atoms with Gasteiger partial charge in [0.1, 0.15) is 11.6 Å². The van der Waals surface area contributed by atoms with Crippen molar-refractivity contribution in [3.05, 3.63) is 70.8 Å². The van der Waals surface area contributed by atoms with Crippen LogP contribution in [0.1, 0.15) is 16.7 Å². The van der Waals surface area contributed by atoms with E-state index in [1.165, 1.54) is 12.1 Å². The number of alkyl halides is 1. The minimum atomic E-state index is -0.601. The van der Waals surface area contributed by atoms with E-state index in [9.17, 15) is 8.78 Å². The molecule has 0 atom stereocenters. The molecule has 0 radical (unpaired) electrons. The Kier molecular flexibility index (Phi) is 4.33. The molecule has 0 nitrogen and oxygen atoms in total. The molecule has 0 amide bonds. The van der Waals surface area contributed by atoms with Gasteiger partial charge in [0, 0.05) is 11.9 Å². The van der Waals surface area contributed by atoms with Gasteiger partial charge in [-0.05, 0) is 47.4 Å². The fourth-order valence-corrected chi connectivity index (χ4v) is 2.11. The van der Waals surface area contributed by atoms with Gasteiger partial charge in [-0.1, -0.05) is 24.3 Å². The van der Waals surface area contributed by atoms with Crippen molar-refractivity contribution in [2.24, 2.45) is 0 Å². The lowest BCUT2D eigenvalue weighted by molar-refractivity contribution is 0.582. The largest absolute Gasteiger partial charge is 0.207 e. The van der Waals surface area contributed by atoms with E-state index in [-0.39, 0.29) is 5.88 Å². The summed E-state index contributed by atoms with van der Waals surface area (Å²) < 4.78 is 26.5. The fourth-order valence-electron chi connectivity index (χ4n) is 1.87. The summed E-state index contributed by atoms with van der Waals surface area (Å²) in [6, 6.07) is 11.2. The highest BCUT2D eigenvalue weighted by Crippen LogP contribution is 2.23. The molecule has 19 heavy (non-hydrogen) atoms. The van der Waals surface area contributed by atoms with Crippen LogP contribution in [0.15, 0.2) is 42.5 Å². The molecule has 0 saturated heterocycles. The summed E-state index contributed by atoms with van der Waals surface area (Å²) in [5.74, 6) is -1.01. The molecule has 2 rings (SSSR count). The Balaban J connectivity index is 2.47. The number of hydrogen-bond acceptors (Lipinski definition) is 0. The molecule has 0 unspecified atom stereocenters. The number of rotatable bonds is 3. The molecule has 0 aromatic heterocycles. The van der Waals surface area contributed by atoms with Crippen molar-refractivity contribution in [3.8, 4) is 0 Å². The van der Waals surface area contributed by atoms with E-state index in [0.29, 0.717) is 11.1 Å². The molecule has 0 bridgehead atoms. The summed E-state index contributed by atoms with van der Waals surface area (Å²) in [4.78, 5) is 0. The molecule has 0 aliphatic heterocycles. The van der Waals surface area contributed by atoms with Crippen LogP contribution in [0.3, 0.4) is 0 Å². The standard InChI is InChI=1S/C16H13ClF2/c1-11-4-2-3-5-12(11)6-14(10-17)13-7-15(18)9-16(19)8-13/h2-9H,10H2,1H3/b14-6+. The van der Waals surface area contributed by atoms with Gasteiger partial charge < -0.3 is 0 Å². The molecule has 2 aromatic rings. The third kappa shape index (κ3) is 3.42. The Labute approximate surface area is 116 Å². The summed E-state index contributed by atoms with van der Waals surface area (Å²) in [6.07, 6.45) is 1.86. The average Bonchev–Trinajstić information content (AvgIpc) is 2.36. The predicted molar refractivity (Wildman–Crippen MR) is 76.1 cm³/mol. The van der Waals surface area contributed by atoms with Gasteiger partial charge in [-0.3, -0.25) is 0 Å². The molecule has 0 saturated carbocycles. The topological polar surface area (TPSA) is 0 Å². The number of halogens is 3. The zero-order valence-electron chi connectivity index (χ0n) is 10.5. The van der Waals surface area contributed by atoms with Gasteiger partial charge in [-0.25, -0.2) is 8.78 Å². The maximum atomic E-state index is 13.2.